The molecule has 0 bridgehead atoms. The van der Waals surface area contributed by atoms with Crippen LogP contribution in [-0.2, 0) is 0 Å². The van der Waals surface area contributed by atoms with Crippen LogP contribution in [0.15, 0.2) is 6.33 Å². The van der Waals surface area contributed by atoms with Crippen LogP contribution < -0.4 is 10.6 Å². The third-order valence-electron chi connectivity index (χ3n) is 3.84. The Kier molecular flexibility index (Phi) is 7.48. The number of nitrogens with one attached hydrogen (secondary N) is 2. The van der Waals surface area contributed by atoms with Crippen LogP contribution in [0.25, 0.3) is 0 Å². The predicted octanol–water partition coefficient (Wildman–Crippen LogP) is 4.66. The van der Waals surface area contributed by atoms with Crippen molar-refractivity contribution in [3.63, 3.8) is 0 Å². The van der Waals surface area contributed by atoms with E-state index in [2.05, 4.69) is 62.1 Å². The van der Waals surface area contributed by atoms with Crippen LogP contribution in [0.1, 0.15) is 72.3 Å². The molecule has 21 heavy (non-hydrogen) atoms. The molecule has 2 N–H and O–H groups in total. The highest BCUT2D eigenvalue weighted by Crippen LogP contribution is 2.29. The molecule has 1 rings (SSSR count). The highest BCUT2D eigenvalue weighted by molar-refractivity contribution is 5.59. The summed E-state index contributed by atoms with van der Waals surface area (Å²) in [5.41, 5.74) is 1.20. The molecule has 0 spiro atoms. The van der Waals surface area contributed by atoms with Crippen molar-refractivity contribution < 1.29 is 0 Å². The van der Waals surface area contributed by atoms with Gasteiger partial charge in [0.25, 0.3) is 0 Å². The first-order chi connectivity index (χ1) is 9.99. The third kappa shape index (κ3) is 5.52. The van der Waals surface area contributed by atoms with E-state index in [1.165, 1.54) is 12.0 Å². The maximum Gasteiger partial charge on any atom is 0.135 e. The number of rotatable bonds is 9. The molecule has 0 aliphatic heterocycles. The van der Waals surface area contributed by atoms with Gasteiger partial charge in [0.1, 0.15) is 18.0 Å². The van der Waals surface area contributed by atoms with Crippen molar-refractivity contribution in [2.45, 2.75) is 72.8 Å². The highest BCUT2D eigenvalue weighted by Gasteiger charge is 2.17. The molecule has 4 nitrogen and oxygen atoms in total. The SMILES string of the molecule is CCCNc1ncnc(NC(C)CC(C)CC)c1C(C)C. The Labute approximate surface area is 130 Å². The van der Waals surface area contributed by atoms with Gasteiger partial charge in [-0.2, -0.15) is 0 Å². The van der Waals surface area contributed by atoms with Gasteiger partial charge < -0.3 is 10.6 Å². The molecule has 120 valence electrons. The van der Waals surface area contributed by atoms with Gasteiger partial charge in [-0.05, 0) is 31.6 Å². The lowest BCUT2D eigenvalue weighted by Crippen LogP contribution is -2.21. The van der Waals surface area contributed by atoms with Gasteiger partial charge in [-0.25, -0.2) is 9.97 Å². The second-order valence-corrected chi connectivity index (χ2v) is 6.36. The Bertz CT molecular complexity index is 417. The summed E-state index contributed by atoms with van der Waals surface area (Å²) in [7, 11) is 0. The summed E-state index contributed by atoms with van der Waals surface area (Å²) in [5, 5.41) is 7.00. The molecule has 0 aliphatic carbocycles. The fourth-order valence-corrected chi connectivity index (χ4v) is 2.50. The van der Waals surface area contributed by atoms with E-state index in [0.29, 0.717) is 12.0 Å². The molecule has 0 aliphatic rings. The topological polar surface area (TPSA) is 49.8 Å². The molecular formula is C17H32N4. The molecule has 2 unspecified atom stereocenters. The van der Waals surface area contributed by atoms with Crippen LogP contribution in [0.3, 0.4) is 0 Å². The quantitative estimate of drug-likeness (QED) is 0.695. The van der Waals surface area contributed by atoms with E-state index in [1.54, 1.807) is 6.33 Å². The number of aromatic nitrogens is 2. The van der Waals surface area contributed by atoms with Gasteiger partial charge in [-0.15, -0.1) is 0 Å². The first kappa shape index (κ1) is 17.7. The van der Waals surface area contributed by atoms with E-state index >= 15 is 0 Å². The first-order valence-electron chi connectivity index (χ1n) is 8.34. The highest BCUT2D eigenvalue weighted by atomic mass is 15.1. The van der Waals surface area contributed by atoms with Crippen molar-refractivity contribution >= 4 is 11.6 Å². The van der Waals surface area contributed by atoms with Crippen molar-refractivity contribution in [1.82, 2.24) is 9.97 Å². The minimum atomic E-state index is 0.392. The lowest BCUT2D eigenvalue weighted by molar-refractivity contribution is 0.483. The van der Waals surface area contributed by atoms with E-state index in [0.717, 1.165) is 36.9 Å². The van der Waals surface area contributed by atoms with Gasteiger partial charge in [-0.1, -0.05) is 41.0 Å². The fourth-order valence-electron chi connectivity index (χ4n) is 2.50. The second kappa shape index (κ2) is 8.85. The summed E-state index contributed by atoms with van der Waals surface area (Å²) in [6, 6.07) is 0.423. The lowest BCUT2D eigenvalue weighted by Gasteiger charge is -2.22. The molecule has 0 saturated carbocycles. The average molecular weight is 292 g/mol. The molecular weight excluding hydrogens is 260 g/mol. The lowest BCUT2D eigenvalue weighted by atomic mass is 9.99. The molecule has 0 amide bonds. The van der Waals surface area contributed by atoms with Crippen molar-refractivity contribution in [2.24, 2.45) is 5.92 Å². The van der Waals surface area contributed by atoms with Gasteiger partial charge in [0.05, 0.1) is 0 Å². The summed E-state index contributed by atoms with van der Waals surface area (Å²) in [5.74, 6) is 3.08. The summed E-state index contributed by atoms with van der Waals surface area (Å²) in [4.78, 5) is 8.90. The Morgan fingerprint density at radius 1 is 1.05 bits per heavy atom. The standard InChI is InChI=1S/C17H32N4/c1-7-9-18-16-15(12(3)4)17(20-11-19-16)21-14(6)10-13(5)8-2/h11-14H,7-10H2,1-6H3,(H2,18,19,20,21). The Hall–Kier alpha value is -1.32. The summed E-state index contributed by atoms with van der Waals surface area (Å²) in [6.45, 7) is 14.3. The molecule has 0 radical (unpaired) electrons. The molecule has 0 aromatic carbocycles. The molecule has 1 heterocycles. The van der Waals surface area contributed by atoms with E-state index in [1.807, 2.05) is 0 Å². The van der Waals surface area contributed by atoms with E-state index in [4.69, 9.17) is 0 Å². The van der Waals surface area contributed by atoms with E-state index < -0.39 is 0 Å². The van der Waals surface area contributed by atoms with Crippen LogP contribution in [0.2, 0.25) is 0 Å². The van der Waals surface area contributed by atoms with Crippen LogP contribution in [0.4, 0.5) is 11.6 Å². The van der Waals surface area contributed by atoms with Crippen molar-refractivity contribution in [1.29, 1.82) is 0 Å². The van der Waals surface area contributed by atoms with Crippen molar-refractivity contribution in [3.8, 4) is 0 Å². The zero-order valence-electron chi connectivity index (χ0n) is 14.5. The van der Waals surface area contributed by atoms with Crippen molar-refractivity contribution in [3.05, 3.63) is 11.9 Å². The number of hydrogen-bond donors (Lipinski definition) is 2. The Balaban J connectivity index is 2.90. The second-order valence-electron chi connectivity index (χ2n) is 6.36. The minimum absolute atomic E-state index is 0.392. The van der Waals surface area contributed by atoms with E-state index in [9.17, 15) is 0 Å². The van der Waals surface area contributed by atoms with Crippen LogP contribution in [0.5, 0.6) is 0 Å². The molecule has 0 fully saturated rings. The summed E-state index contributed by atoms with van der Waals surface area (Å²) in [6.07, 6.45) is 5.13. The van der Waals surface area contributed by atoms with Gasteiger partial charge in [0.15, 0.2) is 0 Å². The van der Waals surface area contributed by atoms with Crippen LogP contribution in [-0.4, -0.2) is 22.6 Å². The number of anilines is 2. The van der Waals surface area contributed by atoms with Gasteiger partial charge in [0.2, 0.25) is 0 Å². The van der Waals surface area contributed by atoms with E-state index in [-0.39, 0.29) is 0 Å². The van der Waals surface area contributed by atoms with Crippen molar-refractivity contribution in [2.75, 3.05) is 17.2 Å². The normalized spacial score (nSPS) is 14.0. The van der Waals surface area contributed by atoms with Crippen LogP contribution >= 0.6 is 0 Å². The number of hydrogen-bond acceptors (Lipinski definition) is 4. The maximum atomic E-state index is 4.48. The summed E-state index contributed by atoms with van der Waals surface area (Å²) < 4.78 is 0. The zero-order valence-corrected chi connectivity index (χ0v) is 14.5. The molecule has 1 aromatic rings. The molecule has 0 saturated heterocycles. The average Bonchev–Trinajstić information content (AvgIpc) is 2.44. The van der Waals surface area contributed by atoms with Gasteiger partial charge in [-0.3, -0.25) is 0 Å². The minimum Gasteiger partial charge on any atom is -0.370 e. The largest absolute Gasteiger partial charge is 0.370 e. The number of nitrogens with zero attached hydrogens (tertiary/aromatic N) is 2. The third-order valence-corrected chi connectivity index (χ3v) is 3.84. The Morgan fingerprint density at radius 3 is 2.29 bits per heavy atom. The smallest absolute Gasteiger partial charge is 0.135 e. The molecule has 4 heteroatoms. The van der Waals surface area contributed by atoms with Gasteiger partial charge in [0, 0.05) is 18.2 Å². The maximum absolute atomic E-state index is 4.48. The monoisotopic (exact) mass is 292 g/mol. The molecule has 1 aromatic heterocycles. The zero-order chi connectivity index (χ0) is 15.8. The first-order valence-corrected chi connectivity index (χ1v) is 8.34. The van der Waals surface area contributed by atoms with Gasteiger partial charge >= 0.3 is 0 Å². The molecule has 2 atom stereocenters. The predicted molar refractivity (Wildman–Crippen MR) is 92.1 cm³/mol. The fraction of sp³-hybridized carbons (Fsp3) is 0.765. The summed E-state index contributed by atoms with van der Waals surface area (Å²) >= 11 is 0. The Morgan fingerprint density at radius 2 is 1.71 bits per heavy atom. The van der Waals surface area contributed by atoms with Crippen LogP contribution in [0, 0.1) is 5.92 Å².